The number of alkyl halides is 3. The number of benzene rings is 1. The van der Waals surface area contributed by atoms with Gasteiger partial charge < -0.3 is 9.47 Å². The average molecular weight is 252 g/mol. The molecule has 0 bridgehead atoms. The standard InChI is InChI=1S/C10H8F4O3/c11-8-3-7(4-15)1-2-9(8)17-6-16-5-10(12,13)14/h1-4H,5-6H2. The van der Waals surface area contributed by atoms with Gasteiger partial charge in [0.1, 0.15) is 12.9 Å². The van der Waals surface area contributed by atoms with Crippen molar-refractivity contribution in [2.45, 2.75) is 6.18 Å². The molecule has 0 atom stereocenters. The van der Waals surface area contributed by atoms with Gasteiger partial charge in [-0.2, -0.15) is 13.2 Å². The summed E-state index contributed by atoms with van der Waals surface area (Å²) in [5.41, 5.74) is 0.103. The van der Waals surface area contributed by atoms with Crippen LogP contribution in [0.4, 0.5) is 17.6 Å². The minimum Gasteiger partial charge on any atom is -0.464 e. The van der Waals surface area contributed by atoms with Crippen LogP contribution in [-0.2, 0) is 4.74 Å². The Bertz CT molecular complexity index is 390. The summed E-state index contributed by atoms with van der Waals surface area (Å²) in [6.45, 7) is -2.20. The van der Waals surface area contributed by atoms with Crippen molar-refractivity contribution in [2.75, 3.05) is 13.4 Å². The Balaban J connectivity index is 2.44. The highest BCUT2D eigenvalue weighted by molar-refractivity contribution is 5.74. The summed E-state index contributed by atoms with van der Waals surface area (Å²) in [4.78, 5) is 10.3. The Morgan fingerprint density at radius 3 is 2.53 bits per heavy atom. The molecule has 0 radical (unpaired) electrons. The summed E-state index contributed by atoms with van der Waals surface area (Å²) in [6, 6.07) is 3.32. The molecule has 1 aromatic carbocycles. The predicted molar refractivity (Wildman–Crippen MR) is 49.3 cm³/mol. The Labute approximate surface area is 93.9 Å². The van der Waals surface area contributed by atoms with Gasteiger partial charge in [0.05, 0.1) is 0 Å². The van der Waals surface area contributed by atoms with Gasteiger partial charge in [0.2, 0.25) is 0 Å². The van der Waals surface area contributed by atoms with E-state index >= 15 is 0 Å². The third-order valence-corrected chi connectivity index (χ3v) is 1.66. The van der Waals surface area contributed by atoms with Gasteiger partial charge in [-0.1, -0.05) is 0 Å². The maximum atomic E-state index is 13.1. The monoisotopic (exact) mass is 252 g/mol. The first kappa shape index (κ1) is 13.4. The minimum atomic E-state index is -4.46. The van der Waals surface area contributed by atoms with E-state index in [4.69, 9.17) is 0 Å². The second kappa shape index (κ2) is 5.62. The van der Waals surface area contributed by atoms with E-state index in [1.54, 1.807) is 0 Å². The summed E-state index contributed by atoms with van der Waals surface area (Å²) in [5, 5.41) is 0. The van der Waals surface area contributed by atoms with Crippen molar-refractivity contribution in [2.24, 2.45) is 0 Å². The molecule has 17 heavy (non-hydrogen) atoms. The lowest BCUT2D eigenvalue weighted by atomic mass is 10.2. The normalized spacial score (nSPS) is 11.3. The lowest BCUT2D eigenvalue weighted by Crippen LogP contribution is -2.19. The van der Waals surface area contributed by atoms with Crippen molar-refractivity contribution in [3.63, 3.8) is 0 Å². The summed E-state index contributed by atoms with van der Waals surface area (Å²) in [5.74, 6) is -1.12. The second-order valence-electron chi connectivity index (χ2n) is 3.03. The molecular weight excluding hydrogens is 244 g/mol. The smallest absolute Gasteiger partial charge is 0.411 e. The number of carbonyl (C=O) groups excluding carboxylic acids is 1. The fraction of sp³-hybridized carbons (Fsp3) is 0.300. The minimum absolute atomic E-state index is 0.103. The Morgan fingerprint density at radius 1 is 1.29 bits per heavy atom. The van der Waals surface area contributed by atoms with Gasteiger partial charge in [0.15, 0.2) is 18.4 Å². The number of halogens is 4. The molecular formula is C10H8F4O3. The van der Waals surface area contributed by atoms with Gasteiger partial charge in [-0.25, -0.2) is 4.39 Å². The molecule has 3 nitrogen and oxygen atoms in total. The fourth-order valence-electron chi connectivity index (χ4n) is 0.970. The number of ether oxygens (including phenoxy) is 2. The van der Waals surface area contributed by atoms with Gasteiger partial charge in [-0.05, 0) is 18.2 Å². The van der Waals surface area contributed by atoms with Crippen LogP contribution in [-0.4, -0.2) is 25.9 Å². The molecule has 0 unspecified atom stereocenters. The first-order valence-corrected chi connectivity index (χ1v) is 4.44. The highest BCUT2D eigenvalue weighted by Crippen LogP contribution is 2.18. The molecule has 0 heterocycles. The molecule has 94 valence electrons. The molecule has 0 aliphatic heterocycles. The topological polar surface area (TPSA) is 35.5 Å². The largest absolute Gasteiger partial charge is 0.464 e. The highest BCUT2D eigenvalue weighted by atomic mass is 19.4. The second-order valence-corrected chi connectivity index (χ2v) is 3.03. The third kappa shape index (κ3) is 4.81. The van der Waals surface area contributed by atoms with Gasteiger partial charge >= 0.3 is 6.18 Å². The van der Waals surface area contributed by atoms with Crippen LogP contribution >= 0.6 is 0 Å². The Kier molecular flexibility index (Phi) is 4.45. The van der Waals surface area contributed by atoms with Crippen LogP contribution in [0.5, 0.6) is 5.75 Å². The molecule has 1 aromatic rings. The van der Waals surface area contributed by atoms with Gasteiger partial charge in [0.25, 0.3) is 0 Å². The zero-order chi connectivity index (χ0) is 12.9. The SMILES string of the molecule is O=Cc1ccc(OCOCC(F)(F)F)c(F)c1. The maximum absolute atomic E-state index is 13.1. The number of aldehydes is 1. The lowest BCUT2D eigenvalue weighted by Gasteiger charge is -2.09. The van der Waals surface area contributed by atoms with Crippen molar-refractivity contribution in [1.82, 2.24) is 0 Å². The van der Waals surface area contributed by atoms with E-state index in [2.05, 4.69) is 9.47 Å². The molecule has 0 saturated carbocycles. The summed E-state index contributed by atoms with van der Waals surface area (Å²) in [6.07, 6.45) is -4.02. The van der Waals surface area contributed by atoms with E-state index in [1.165, 1.54) is 6.07 Å². The fourth-order valence-corrected chi connectivity index (χ4v) is 0.970. The van der Waals surface area contributed by atoms with Gasteiger partial charge in [-0.3, -0.25) is 4.79 Å². The quantitative estimate of drug-likeness (QED) is 0.349. The van der Waals surface area contributed by atoms with Crippen LogP contribution in [0.25, 0.3) is 0 Å². The molecule has 0 saturated heterocycles. The molecule has 0 aliphatic carbocycles. The van der Waals surface area contributed by atoms with Crippen LogP contribution in [0.1, 0.15) is 10.4 Å². The van der Waals surface area contributed by atoms with E-state index in [0.29, 0.717) is 6.29 Å². The van der Waals surface area contributed by atoms with Crippen molar-refractivity contribution in [1.29, 1.82) is 0 Å². The molecule has 0 amide bonds. The molecule has 0 fully saturated rings. The van der Waals surface area contributed by atoms with Crippen LogP contribution in [0.15, 0.2) is 18.2 Å². The van der Waals surface area contributed by atoms with Gasteiger partial charge in [-0.15, -0.1) is 0 Å². The number of carbonyl (C=O) groups is 1. The Morgan fingerprint density at radius 2 is 2.00 bits per heavy atom. The molecule has 7 heteroatoms. The van der Waals surface area contributed by atoms with Crippen molar-refractivity contribution in [3.05, 3.63) is 29.6 Å². The average Bonchev–Trinajstić information content (AvgIpc) is 2.24. The molecule has 0 spiro atoms. The first-order chi connectivity index (χ1) is 7.92. The van der Waals surface area contributed by atoms with Crippen LogP contribution < -0.4 is 4.74 Å². The third-order valence-electron chi connectivity index (χ3n) is 1.66. The zero-order valence-corrected chi connectivity index (χ0v) is 8.46. The van der Waals surface area contributed by atoms with E-state index in [-0.39, 0.29) is 11.3 Å². The van der Waals surface area contributed by atoms with E-state index in [9.17, 15) is 22.4 Å². The highest BCUT2D eigenvalue weighted by Gasteiger charge is 2.27. The molecule has 0 aromatic heterocycles. The molecule has 0 N–H and O–H groups in total. The van der Waals surface area contributed by atoms with Crippen molar-refractivity contribution >= 4 is 6.29 Å². The van der Waals surface area contributed by atoms with Crippen molar-refractivity contribution in [3.8, 4) is 5.75 Å². The van der Waals surface area contributed by atoms with Crippen LogP contribution in [0, 0.1) is 5.82 Å². The predicted octanol–water partition coefficient (Wildman–Crippen LogP) is 2.55. The molecule has 1 rings (SSSR count). The van der Waals surface area contributed by atoms with E-state index < -0.39 is 25.4 Å². The van der Waals surface area contributed by atoms with Crippen LogP contribution in [0.3, 0.4) is 0 Å². The summed E-state index contributed by atoms with van der Waals surface area (Å²) < 4.78 is 56.9. The number of hydrogen-bond donors (Lipinski definition) is 0. The lowest BCUT2D eigenvalue weighted by molar-refractivity contribution is -0.187. The molecule has 0 aliphatic rings. The van der Waals surface area contributed by atoms with E-state index in [1.807, 2.05) is 0 Å². The van der Waals surface area contributed by atoms with Crippen LogP contribution in [0.2, 0.25) is 0 Å². The first-order valence-electron chi connectivity index (χ1n) is 4.44. The summed E-state index contributed by atoms with van der Waals surface area (Å²) >= 11 is 0. The Hall–Kier alpha value is -1.63. The zero-order valence-electron chi connectivity index (χ0n) is 8.46. The maximum Gasteiger partial charge on any atom is 0.411 e. The van der Waals surface area contributed by atoms with Gasteiger partial charge in [0, 0.05) is 5.56 Å². The number of rotatable bonds is 5. The number of hydrogen-bond acceptors (Lipinski definition) is 3. The van der Waals surface area contributed by atoms with E-state index in [0.717, 1.165) is 12.1 Å². The summed E-state index contributed by atoms with van der Waals surface area (Å²) in [7, 11) is 0. The van der Waals surface area contributed by atoms with Crippen molar-refractivity contribution < 1.29 is 31.8 Å².